The second kappa shape index (κ2) is 14.1. The summed E-state index contributed by atoms with van der Waals surface area (Å²) >= 11 is 8.65. The molecule has 0 aliphatic heterocycles. The van der Waals surface area contributed by atoms with Crippen LogP contribution in [0.15, 0.2) is 84.9 Å². The Labute approximate surface area is 274 Å². The molecule has 6 rings (SSSR count). The first kappa shape index (κ1) is 30.6. The Morgan fingerprint density at radius 3 is 1.66 bits per heavy atom. The van der Waals surface area contributed by atoms with E-state index in [-0.39, 0.29) is 0 Å². The third-order valence-corrected chi connectivity index (χ3v) is 10.2. The lowest BCUT2D eigenvalue weighted by molar-refractivity contribution is 0.293. The zero-order valence-corrected chi connectivity index (χ0v) is 28.2. The quantitative estimate of drug-likeness (QED) is 0.0930. The number of nitrogens with zero attached hydrogens (tertiary/aromatic N) is 1. The van der Waals surface area contributed by atoms with Crippen LogP contribution in [0.25, 0.3) is 48.4 Å². The van der Waals surface area contributed by atoms with Crippen LogP contribution in [0.5, 0.6) is 5.75 Å². The molecule has 3 nitrogen and oxygen atoms in total. The molecule has 6 aromatic rings. The van der Waals surface area contributed by atoms with Crippen LogP contribution < -0.4 is 4.74 Å². The van der Waals surface area contributed by atoms with Crippen LogP contribution in [0.1, 0.15) is 55.2 Å². The van der Waals surface area contributed by atoms with Crippen molar-refractivity contribution in [1.82, 2.24) is 4.57 Å². The largest absolute Gasteiger partial charge is 0.494 e. The number of benzene rings is 3. The lowest BCUT2D eigenvalue weighted by atomic mass is 10.1. The molecule has 0 spiro atoms. The van der Waals surface area contributed by atoms with Gasteiger partial charge < -0.3 is 14.0 Å². The molecule has 0 unspecified atom stereocenters. The first-order chi connectivity index (χ1) is 21.5. The Morgan fingerprint density at radius 2 is 1.16 bits per heavy atom. The molecule has 0 amide bonds. The van der Waals surface area contributed by atoms with E-state index in [9.17, 15) is 0 Å². The van der Waals surface area contributed by atoms with Crippen molar-refractivity contribution < 1.29 is 9.47 Å². The fraction of sp³-hybridized carbons (Fsp3) is 0.289. The van der Waals surface area contributed by atoms with E-state index >= 15 is 0 Å². The second-order valence-electron chi connectivity index (χ2n) is 11.4. The molecule has 0 aliphatic carbocycles. The number of ether oxygens (including phenoxy) is 2. The first-order valence-corrected chi connectivity index (χ1v) is 17.6. The average molecular weight is 638 g/mol. The van der Waals surface area contributed by atoms with E-state index in [2.05, 4.69) is 103 Å². The number of hydrogen-bond acceptors (Lipinski definition) is 5. The summed E-state index contributed by atoms with van der Waals surface area (Å²) in [7, 11) is 0. The number of fused-ring (bicyclic) bond motifs is 3. The molecule has 3 aromatic carbocycles. The molecule has 0 saturated heterocycles. The average Bonchev–Trinajstić information content (AvgIpc) is 3.74. The maximum Gasteiger partial charge on any atom is 0.156 e. The van der Waals surface area contributed by atoms with Crippen LogP contribution >= 0.6 is 34.9 Å². The highest BCUT2D eigenvalue weighted by atomic mass is 32.1. The Kier molecular flexibility index (Phi) is 9.80. The second-order valence-corrected chi connectivity index (χ2v) is 14.6. The van der Waals surface area contributed by atoms with E-state index < -0.39 is 0 Å². The highest BCUT2D eigenvalue weighted by molar-refractivity contribution is 7.80. The molecule has 3 aromatic heterocycles. The molecule has 0 bridgehead atoms. The minimum absolute atomic E-state index is 0.641. The summed E-state index contributed by atoms with van der Waals surface area (Å²) in [5, 5.41) is 3.20. The minimum atomic E-state index is 0.641. The normalized spacial score (nSPS) is 11.4. The molecule has 0 radical (unpaired) electrons. The maximum absolute atomic E-state index is 6.12. The molecule has 0 N–H and O–H groups in total. The predicted molar refractivity (Wildman–Crippen MR) is 194 cm³/mol. The van der Waals surface area contributed by atoms with Crippen molar-refractivity contribution in [3.05, 3.63) is 94.7 Å². The Hall–Kier alpha value is -3.45. The van der Waals surface area contributed by atoms with Gasteiger partial charge in [-0.05, 0) is 123 Å². The number of hydrogen-bond donors (Lipinski definition) is 0. The molecule has 44 heavy (non-hydrogen) atoms. The summed E-state index contributed by atoms with van der Waals surface area (Å²) < 4.78 is 13.9. The molecular formula is C38H39NO2S3. The smallest absolute Gasteiger partial charge is 0.156 e. The van der Waals surface area contributed by atoms with Gasteiger partial charge in [0.15, 0.2) is 5.05 Å². The summed E-state index contributed by atoms with van der Waals surface area (Å²) in [5.74, 6) is 0.924. The summed E-state index contributed by atoms with van der Waals surface area (Å²) in [6.07, 6.45) is 6.99. The summed E-state index contributed by atoms with van der Waals surface area (Å²) in [4.78, 5) is 5.28. The molecule has 0 fully saturated rings. The van der Waals surface area contributed by atoms with Gasteiger partial charge in [0.1, 0.15) is 5.75 Å². The van der Waals surface area contributed by atoms with Crippen molar-refractivity contribution in [2.24, 2.45) is 0 Å². The minimum Gasteiger partial charge on any atom is -0.494 e. The van der Waals surface area contributed by atoms with Crippen LogP contribution in [-0.4, -0.2) is 22.8 Å². The van der Waals surface area contributed by atoms with E-state index in [1.807, 2.05) is 29.6 Å². The number of rotatable bonds is 13. The topological polar surface area (TPSA) is 23.4 Å². The Bertz CT molecular complexity index is 1780. The third kappa shape index (κ3) is 7.09. The van der Waals surface area contributed by atoms with E-state index in [1.54, 1.807) is 0 Å². The van der Waals surface area contributed by atoms with E-state index in [4.69, 9.17) is 21.7 Å². The van der Waals surface area contributed by atoms with Gasteiger partial charge in [-0.3, -0.25) is 0 Å². The fourth-order valence-corrected chi connectivity index (χ4v) is 7.61. The number of thiocarbonyl (C=S) groups is 1. The van der Waals surface area contributed by atoms with Gasteiger partial charge in [-0.25, -0.2) is 0 Å². The molecule has 0 aliphatic rings. The van der Waals surface area contributed by atoms with Gasteiger partial charge in [0.05, 0.1) is 24.2 Å². The van der Waals surface area contributed by atoms with Crippen LogP contribution in [0.4, 0.5) is 0 Å². The van der Waals surface area contributed by atoms with Crippen molar-refractivity contribution in [3.63, 3.8) is 0 Å². The van der Waals surface area contributed by atoms with E-state index in [0.29, 0.717) is 5.05 Å². The van der Waals surface area contributed by atoms with Gasteiger partial charge in [-0.2, -0.15) is 0 Å². The first-order valence-electron chi connectivity index (χ1n) is 15.5. The highest BCUT2D eigenvalue weighted by Gasteiger charge is 2.15. The Balaban J connectivity index is 1.19. The van der Waals surface area contributed by atoms with Gasteiger partial charge in [0.2, 0.25) is 0 Å². The SMILES string of the molecule is CC(=S)OCCCCCCCCOc1ccc(-n2c3ccc(-c4ccc(C)s4)cc3c3cc(-c4ccc(C)s4)ccc32)cc1. The molecule has 6 heteroatoms. The summed E-state index contributed by atoms with van der Waals surface area (Å²) in [6.45, 7) is 7.67. The molecular weight excluding hydrogens is 599 g/mol. The van der Waals surface area contributed by atoms with Crippen LogP contribution in [-0.2, 0) is 4.74 Å². The van der Waals surface area contributed by atoms with Crippen molar-refractivity contribution in [1.29, 1.82) is 0 Å². The number of aromatic nitrogens is 1. The van der Waals surface area contributed by atoms with Crippen molar-refractivity contribution >= 4 is 61.7 Å². The maximum atomic E-state index is 6.12. The standard InChI is InChI=1S/C38H39NO2S3/c1-26-10-20-37(43-26)29-12-18-35-33(24-29)34-25-30(38-21-11-27(2)44-38)13-19-36(34)39(35)31-14-16-32(17-15-31)41-23-9-7-5-4-6-8-22-40-28(3)42/h10-21,24-25H,4-9,22-23H2,1-3H3. The molecule has 0 atom stereocenters. The summed E-state index contributed by atoms with van der Waals surface area (Å²) in [6, 6.07) is 31.3. The van der Waals surface area contributed by atoms with Gasteiger partial charge in [0, 0.05) is 42.9 Å². The predicted octanol–water partition coefficient (Wildman–Crippen LogP) is 11.9. The number of unbranched alkanes of at least 4 members (excludes halogenated alkanes) is 5. The fourth-order valence-electron chi connectivity index (χ4n) is 5.80. The number of aryl methyl sites for hydroxylation is 2. The molecule has 3 heterocycles. The zero-order valence-electron chi connectivity index (χ0n) is 25.7. The van der Waals surface area contributed by atoms with Gasteiger partial charge >= 0.3 is 0 Å². The monoisotopic (exact) mass is 637 g/mol. The van der Waals surface area contributed by atoms with Crippen molar-refractivity contribution in [3.8, 4) is 32.3 Å². The summed E-state index contributed by atoms with van der Waals surface area (Å²) in [5.41, 5.74) is 6.12. The van der Waals surface area contributed by atoms with Crippen LogP contribution in [0.3, 0.4) is 0 Å². The van der Waals surface area contributed by atoms with E-state index in [1.165, 1.54) is 78.1 Å². The van der Waals surface area contributed by atoms with Gasteiger partial charge in [0.25, 0.3) is 0 Å². The Morgan fingerprint density at radius 1 is 0.636 bits per heavy atom. The molecule has 226 valence electrons. The van der Waals surface area contributed by atoms with Gasteiger partial charge in [-0.15, -0.1) is 22.7 Å². The lowest BCUT2D eigenvalue weighted by Gasteiger charge is -2.11. The zero-order chi connectivity index (χ0) is 30.5. The third-order valence-electron chi connectivity index (χ3n) is 8.02. The van der Waals surface area contributed by atoms with Crippen LogP contribution in [0, 0.1) is 13.8 Å². The van der Waals surface area contributed by atoms with Crippen molar-refractivity contribution in [2.75, 3.05) is 13.2 Å². The lowest BCUT2D eigenvalue weighted by Crippen LogP contribution is -1.99. The highest BCUT2D eigenvalue weighted by Crippen LogP contribution is 2.39. The van der Waals surface area contributed by atoms with Crippen molar-refractivity contribution in [2.45, 2.75) is 59.3 Å². The van der Waals surface area contributed by atoms with Gasteiger partial charge in [-0.1, -0.05) is 37.8 Å². The number of thiophene rings is 2. The van der Waals surface area contributed by atoms with E-state index in [0.717, 1.165) is 37.5 Å². The van der Waals surface area contributed by atoms with Crippen LogP contribution in [0.2, 0.25) is 0 Å². The molecule has 0 saturated carbocycles.